The molecule has 3 nitrogen and oxygen atoms in total. The predicted octanol–water partition coefficient (Wildman–Crippen LogP) is 2.22. The Balaban J connectivity index is 2.61. The summed E-state index contributed by atoms with van der Waals surface area (Å²) in [7, 11) is 0. The van der Waals surface area contributed by atoms with Crippen LogP contribution in [0.25, 0.3) is 0 Å². The molecule has 0 aliphatic carbocycles. The first-order valence-corrected chi connectivity index (χ1v) is 5.11. The van der Waals surface area contributed by atoms with Gasteiger partial charge in [-0.2, -0.15) is 26.3 Å². The first kappa shape index (κ1) is 13.4. The van der Waals surface area contributed by atoms with Crippen molar-refractivity contribution in [2.75, 3.05) is 6.54 Å². The van der Waals surface area contributed by atoms with Gasteiger partial charge in [-0.3, -0.25) is 0 Å². The number of carbonyl (C=O) groups excluding carboxylic acids is 1. The molecule has 0 aromatic heterocycles. The van der Waals surface area contributed by atoms with Crippen molar-refractivity contribution in [3.8, 4) is 0 Å². The van der Waals surface area contributed by atoms with E-state index in [9.17, 15) is 31.1 Å². The highest BCUT2D eigenvalue weighted by molar-refractivity contribution is 5.83. The maximum Gasteiger partial charge on any atom is 0.453 e. The third-order valence-electron chi connectivity index (χ3n) is 3.47. The Hall–Kier alpha value is -0.990. The van der Waals surface area contributed by atoms with E-state index in [2.05, 4.69) is 4.74 Å². The number of fused-ring (bicyclic) bond motifs is 1. The van der Waals surface area contributed by atoms with Crippen LogP contribution >= 0.6 is 0 Å². The third-order valence-corrected chi connectivity index (χ3v) is 3.47. The van der Waals surface area contributed by atoms with Gasteiger partial charge in [0.25, 0.3) is 0 Å². The van der Waals surface area contributed by atoms with Gasteiger partial charge < -0.3 is 4.74 Å². The molecule has 0 spiro atoms. The van der Waals surface area contributed by atoms with Crippen LogP contribution in [0.5, 0.6) is 0 Å². The monoisotopic (exact) mass is 277 g/mol. The zero-order chi connectivity index (χ0) is 14.0. The quantitative estimate of drug-likeness (QED) is 0.502. The molecular weight excluding hydrogens is 268 g/mol. The molecule has 2 fully saturated rings. The largest absolute Gasteiger partial charge is 0.453 e. The number of rotatable bonds is 0. The molecule has 0 bridgehead atoms. The Morgan fingerprint density at radius 2 is 1.67 bits per heavy atom. The van der Waals surface area contributed by atoms with Crippen molar-refractivity contribution >= 4 is 5.97 Å². The minimum absolute atomic E-state index is 0.0828. The van der Waals surface area contributed by atoms with E-state index in [1.165, 1.54) is 0 Å². The van der Waals surface area contributed by atoms with Crippen molar-refractivity contribution in [1.29, 1.82) is 0 Å². The van der Waals surface area contributed by atoms with Crippen molar-refractivity contribution in [2.24, 2.45) is 0 Å². The summed E-state index contributed by atoms with van der Waals surface area (Å²) in [6, 6.07) is 0. The molecule has 0 radical (unpaired) electrons. The van der Waals surface area contributed by atoms with Crippen molar-refractivity contribution in [3.05, 3.63) is 0 Å². The topological polar surface area (TPSA) is 29.5 Å². The molecule has 18 heavy (non-hydrogen) atoms. The fourth-order valence-electron chi connectivity index (χ4n) is 2.56. The second kappa shape index (κ2) is 3.31. The van der Waals surface area contributed by atoms with Crippen LogP contribution < -0.4 is 0 Å². The summed E-state index contributed by atoms with van der Waals surface area (Å²) in [5.74, 6) is -1.48. The van der Waals surface area contributed by atoms with Gasteiger partial charge in [0.15, 0.2) is 0 Å². The minimum Gasteiger partial charge on any atom is -0.423 e. The Kier molecular flexibility index (Phi) is 2.47. The van der Waals surface area contributed by atoms with Crippen LogP contribution in [-0.2, 0) is 9.53 Å². The van der Waals surface area contributed by atoms with E-state index in [4.69, 9.17) is 0 Å². The van der Waals surface area contributed by atoms with Crippen molar-refractivity contribution in [3.63, 3.8) is 0 Å². The van der Waals surface area contributed by atoms with Gasteiger partial charge in [0, 0.05) is 6.54 Å². The molecule has 0 aromatic carbocycles. The van der Waals surface area contributed by atoms with E-state index in [0.29, 0.717) is 0 Å². The molecule has 0 unspecified atom stereocenters. The Morgan fingerprint density at radius 1 is 1.17 bits per heavy atom. The molecule has 0 N–H and O–H groups in total. The summed E-state index contributed by atoms with van der Waals surface area (Å²) < 4.78 is 80.9. The van der Waals surface area contributed by atoms with Crippen LogP contribution in [0.3, 0.4) is 0 Å². The van der Waals surface area contributed by atoms with Crippen LogP contribution in [0, 0.1) is 0 Å². The smallest absolute Gasteiger partial charge is 0.423 e. The van der Waals surface area contributed by atoms with Gasteiger partial charge in [0.2, 0.25) is 0 Å². The molecule has 2 saturated heterocycles. The van der Waals surface area contributed by atoms with Crippen LogP contribution in [0.15, 0.2) is 0 Å². The van der Waals surface area contributed by atoms with Gasteiger partial charge in [-0.15, -0.1) is 0 Å². The normalized spacial score (nSPS) is 32.5. The van der Waals surface area contributed by atoms with Crippen LogP contribution in [0.2, 0.25) is 0 Å². The molecule has 0 amide bonds. The van der Waals surface area contributed by atoms with E-state index in [1.54, 1.807) is 0 Å². The van der Waals surface area contributed by atoms with Crippen LogP contribution in [0.4, 0.5) is 26.3 Å². The molecule has 1 atom stereocenters. The van der Waals surface area contributed by atoms with E-state index in [-0.39, 0.29) is 17.7 Å². The van der Waals surface area contributed by atoms with Gasteiger partial charge in [-0.25, -0.2) is 9.69 Å². The summed E-state index contributed by atoms with van der Waals surface area (Å²) in [6.07, 6.45) is -11.5. The summed E-state index contributed by atoms with van der Waals surface area (Å²) in [6.45, 7) is 0.558. The lowest BCUT2D eigenvalue weighted by Crippen LogP contribution is -2.67. The average molecular weight is 277 g/mol. The fourth-order valence-corrected chi connectivity index (χ4v) is 2.56. The van der Waals surface area contributed by atoms with E-state index >= 15 is 0 Å². The fraction of sp³-hybridized carbons (Fsp3) is 0.889. The molecule has 0 saturated carbocycles. The number of alkyl halides is 6. The molecule has 2 aliphatic rings. The van der Waals surface area contributed by atoms with Crippen molar-refractivity contribution in [1.82, 2.24) is 4.90 Å². The number of carbonyl (C=O) groups is 1. The number of ether oxygens (including phenoxy) is 1. The SMILES string of the molecule is C[C@@]12CCCN1C(C(F)(F)F)(C(F)(F)F)OC2=O. The van der Waals surface area contributed by atoms with E-state index in [0.717, 1.165) is 6.92 Å². The highest BCUT2D eigenvalue weighted by Gasteiger charge is 2.84. The molecule has 2 aliphatic heterocycles. The number of hydrogen-bond donors (Lipinski definition) is 0. The molecule has 2 heterocycles. The Bertz CT molecular complexity index is 375. The number of esters is 1. The zero-order valence-electron chi connectivity index (χ0n) is 9.15. The van der Waals surface area contributed by atoms with Crippen molar-refractivity contribution < 1.29 is 35.9 Å². The summed E-state index contributed by atoms with van der Waals surface area (Å²) in [4.78, 5) is 11.5. The Labute approximate surface area is 97.7 Å². The maximum atomic E-state index is 12.9. The van der Waals surface area contributed by atoms with Gasteiger partial charge in [0.1, 0.15) is 5.54 Å². The Morgan fingerprint density at radius 3 is 2.11 bits per heavy atom. The van der Waals surface area contributed by atoms with Crippen molar-refractivity contribution in [2.45, 2.75) is 43.4 Å². The molecule has 104 valence electrons. The number of nitrogens with zero attached hydrogens (tertiary/aromatic N) is 1. The van der Waals surface area contributed by atoms with Crippen LogP contribution in [0.1, 0.15) is 19.8 Å². The standard InChI is InChI=1S/C9H9F6NO2/c1-6-3-2-4-16(6)7(8(10,11)12,9(13,14)15)18-5(6)17/h2-4H2,1H3/t6-/m0/s1. The highest BCUT2D eigenvalue weighted by atomic mass is 19.4. The van der Waals surface area contributed by atoms with E-state index in [1.807, 2.05) is 0 Å². The van der Waals surface area contributed by atoms with Gasteiger partial charge in [0.05, 0.1) is 0 Å². The zero-order valence-corrected chi connectivity index (χ0v) is 9.15. The lowest BCUT2D eigenvalue weighted by Gasteiger charge is -2.39. The van der Waals surface area contributed by atoms with Gasteiger partial charge >= 0.3 is 24.0 Å². The summed E-state index contributed by atoms with van der Waals surface area (Å²) in [5, 5.41) is 0. The maximum absolute atomic E-state index is 12.9. The van der Waals surface area contributed by atoms with Crippen LogP contribution in [-0.4, -0.2) is 41.0 Å². The number of hydrogen-bond acceptors (Lipinski definition) is 3. The second-order valence-corrected chi connectivity index (χ2v) is 4.56. The minimum atomic E-state index is -5.73. The number of halogens is 6. The van der Waals surface area contributed by atoms with Gasteiger partial charge in [-0.05, 0) is 19.8 Å². The lowest BCUT2D eigenvalue weighted by atomic mass is 9.99. The summed E-state index contributed by atoms with van der Waals surface area (Å²) in [5.41, 5.74) is -6.37. The first-order valence-electron chi connectivity index (χ1n) is 5.11. The lowest BCUT2D eigenvalue weighted by molar-refractivity contribution is -0.401. The predicted molar refractivity (Wildman–Crippen MR) is 45.3 cm³/mol. The summed E-state index contributed by atoms with van der Waals surface area (Å²) >= 11 is 0. The van der Waals surface area contributed by atoms with E-state index < -0.39 is 36.1 Å². The average Bonchev–Trinajstić information content (AvgIpc) is 2.61. The third kappa shape index (κ3) is 1.33. The first-order chi connectivity index (χ1) is 7.97. The second-order valence-electron chi connectivity index (χ2n) is 4.56. The molecular formula is C9H9F6NO2. The van der Waals surface area contributed by atoms with Gasteiger partial charge in [-0.1, -0.05) is 0 Å². The molecule has 2 rings (SSSR count). The molecule has 0 aromatic rings. The number of cyclic esters (lactones) is 1. The highest BCUT2D eigenvalue weighted by Crippen LogP contribution is 2.57. The molecule has 9 heteroatoms.